The van der Waals surface area contributed by atoms with Gasteiger partial charge in [-0.05, 0) is 74.3 Å². The minimum absolute atomic E-state index is 0.642. The van der Waals surface area contributed by atoms with Gasteiger partial charge in [0.2, 0.25) is 0 Å². The maximum atomic E-state index is 5.93. The van der Waals surface area contributed by atoms with Crippen LogP contribution in [0.25, 0.3) is 0 Å². The van der Waals surface area contributed by atoms with Gasteiger partial charge in [-0.3, -0.25) is 0 Å². The zero-order valence-electron chi connectivity index (χ0n) is 27.3. The Labute approximate surface area is 249 Å². The summed E-state index contributed by atoms with van der Waals surface area (Å²) in [4.78, 5) is 2.28. The topological polar surface area (TPSA) is 77.1 Å². The fraction of sp³-hybridized carbons (Fsp3) is 1.00. The first-order valence-electron chi connectivity index (χ1n) is 16.1. The summed E-state index contributed by atoms with van der Waals surface area (Å²) in [7, 11) is -2.85. The van der Waals surface area contributed by atoms with Crippen molar-refractivity contribution >= 4 is 17.6 Å². The normalized spacial score (nSPS) is 12.6. The van der Waals surface area contributed by atoms with Crippen LogP contribution in [-0.2, 0) is 36.0 Å². The molecule has 0 rings (SSSR count). The van der Waals surface area contributed by atoms with E-state index < -0.39 is 17.6 Å². The SMILES string of the molecule is CCO[Si](CCCCCCOCCN(C)CCOCCCCCC[Si](OCC)(OCC)OCC)(OCC)OCC. The number of hydrogen-bond donors (Lipinski definition) is 0. The molecular formula is C29H65NO8Si2. The van der Waals surface area contributed by atoms with Crippen molar-refractivity contribution in [3.05, 3.63) is 0 Å². The highest BCUT2D eigenvalue weighted by Crippen LogP contribution is 2.21. The van der Waals surface area contributed by atoms with Crippen molar-refractivity contribution in [3.8, 4) is 0 Å². The molecule has 11 heteroatoms. The monoisotopic (exact) mass is 611 g/mol. The first kappa shape index (κ1) is 40.1. The van der Waals surface area contributed by atoms with Crippen LogP contribution in [0.1, 0.15) is 92.9 Å². The van der Waals surface area contributed by atoms with Gasteiger partial charge in [0.15, 0.2) is 0 Å². The predicted molar refractivity (Wildman–Crippen MR) is 167 cm³/mol. The molecule has 0 heterocycles. The molecule has 0 bridgehead atoms. The zero-order valence-corrected chi connectivity index (χ0v) is 29.3. The molecule has 0 radical (unpaired) electrons. The van der Waals surface area contributed by atoms with Gasteiger partial charge in [0.05, 0.1) is 13.2 Å². The van der Waals surface area contributed by atoms with Crippen LogP contribution < -0.4 is 0 Å². The van der Waals surface area contributed by atoms with Crippen LogP contribution >= 0.6 is 0 Å². The largest absolute Gasteiger partial charge is 0.500 e. The van der Waals surface area contributed by atoms with Crippen molar-refractivity contribution in [2.75, 3.05) is 86.2 Å². The summed E-state index contributed by atoms with van der Waals surface area (Å²) in [6.45, 7) is 20.9. The van der Waals surface area contributed by atoms with Crippen molar-refractivity contribution in [1.29, 1.82) is 0 Å². The molecule has 0 N–H and O–H groups in total. The molecule has 0 aromatic rings. The van der Waals surface area contributed by atoms with Crippen molar-refractivity contribution in [2.45, 2.75) is 105 Å². The van der Waals surface area contributed by atoms with E-state index in [1.165, 1.54) is 0 Å². The maximum Gasteiger partial charge on any atom is 0.500 e. The summed E-state index contributed by atoms with van der Waals surface area (Å²) < 4.78 is 47.3. The lowest BCUT2D eigenvalue weighted by Gasteiger charge is -2.28. The van der Waals surface area contributed by atoms with E-state index in [1.54, 1.807) is 0 Å². The smallest absolute Gasteiger partial charge is 0.380 e. The lowest BCUT2D eigenvalue weighted by Crippen LogP contribution is -2.45. The average Bonchev–Trinajstić information content (AvgIpc) is 2.92. The Bertz CT molecular complexity index is 458. The zero-order chi connectivity index (χ0) is 29.8. The maximum absolute atomic E-state index is 5.93. The van der Waals surface area contributed by atoms with E-state index in [0.29, 0.717) is 39.6 Å². The molecule has 0 saturated heterocycles. The Morgan fingerprint density at radius 3 is 1.00 bits per heavy atom. The van der Waals surface area contributed by atoms with Crippen LogP contribution in [0, 0.1) is 0 Å². The van der Waals surface area contributed by atoms with Gasteiger partial charge in [-0.1, -0.05) is 25.7 Å². The van der Waals surface area contributed by atoms with Gasteiger partial charge >= 0.3 is 17.6 Å². The molecule has 40 heavy (non-hydrogen) atoms. The van der Waals surface area contributed by atoms with Crippen LogP contribution in [0.2, 0.25) is 12.1 Å². The molecular weight excluding hydrogens is 546 g/mol. The van der Waals surface area contributed by atoms with E-state index >= 15 is 0 Å². The fourth-order valence-electron chi connectivity index (χ4n) is 4.56. The number of unbranched alkanes of at least 4 members (excludes halogenated alkanes) is 6. The summed E-state index contributed by atoms with van der Waals surface area (Å²) in [6.07, 6.45) is 8.95. The minimum atomic E-state index is -2.49. The third kappa shape index (κ3) is 20.9. The molecule has 0 unspecified atom stereocenters. The summed E-state index contributed by atoms with van der Waals surface area (Å²) >= 11 is 0. The first-order valence-corrected chi connectivity index (χ1v) is 20.0. The van der Waals surface area contributed by atoms with Gasteiger partial charge in [0.1, 0.15) is 0 Å². The third-order valence-corrected chi connectivity index (χ3v) is 12.8. The van der Waals surface area contributed by atoms with Gasteiger partial charge in [-0.2, -0.15) is 0 Å². The number of hydrogen-bond acceptors (Lipinski definition) is 9. The second kappa shape index (κ2) is 27.9. The summed E-state index contributed by atoms with van der Waals surface area (Å²) in [6, 6.07) is 1.80. The summed E-state index contributed by atoms with van der Waals surface area (Å²) in [5.41, 5.74) is 0. The predicted octanol–water partition coefficient (Wildman–Crippen LogP) is 6.17. The Morgan fingerprint density at radius 2 is 0.700 bits per heavy atom. The fourth-order valence-corrected chi connectivity index (χ4v) is 9.93. The van der Waals surface area contributed by atoms with Gasteiger partial charge in [-0.25, -0.2) is 0 Å². The van der Waals surface area contributed by atoms with E-state index in [9.17, 15) is 0 Å². The van der Waals surface area contributed by atoms with E-state index in [4.69, 9.17) is 36.0 Å². The van der Waals surface area contributed by atoms with Crippen molar-refractivity contribution in [1.82, 2.24) is 4.90 Å². The van der Waals surface area contributed by atoms with Gasteiger partial charge < -0.3 is 40.9 Å². The molecule has 0 atom stereocenters. The van der Waals surface area contributed by atoms with Crippen molar-refractivity contribution < 1.29 is 36.0 Å². The molecule has 0 spiro atoms. The number of ether oxygens (including phenoxy) is 2. The molecule has 0 aliphatic rings. The van der Waals surface area contributed by atoms with Crippen LogP contribution in [0.5, 0.6) is 0 Å². The van der Waals surface area contributed by atoms with E-state index in [0.717, 1.165) is 103 Å². The molecule has 0 saturated carbocycles. The minimum Gasteiger partial charge on any atom is -0.380 e. The van der Waals surface area contributed by atoms with Gasteiger partial charge in [-0.15, -0.1) is 0 Å². The molecule has 0 amide bonds. The average molecular weight is 612 g/mol. The summed E-state index contributed by atoms with van der Waals surface area (Å²) in [5, 5.41) is 0. The summed E-state index contributed by atoms with van der Waals surface area (Å²) in [5.74, 6) is 0. The molecule has 9 nitrogen and oxygen atoms in total. The molecule has 242 valence electrons. The third-order valence-electron chi connectivity index (χ3n) is 6.46. The second-order valence-electron chi connectivity index (χ2n) is 9.82. The van der Waals surface area contributed by atoms with Crippen molar-refractivity contribution in [2.24, 2.45) is 0 Å². The first-order chi connectivity index (χ1) is 19.5. The molecule has 0 aromatic carbocycles. The van der Waals surface area contributed by atoms with Crippen LogP contribution in [0.3, 0.4) is 0 Å². The molecule has 0 fully saturated rings. The van der Waals surface area contributed by atoms with E-state index in [2.05, 4.69) is 11.9 Å². The molecule has 0 aliphatic carbocycles. The highest BCUT2D eigenvalue weighted by molar-refractivity contribution is 6.61. The number of rotatable bonds is 32. The number of likely N-dealkylation sites (N-methyl/N-ethyl adjacent to an activating group) is 1. The van der Waals surface area contributed by atoms with Crippen molar-refractivity contribution in [3.63, 3.8) is 0 Å². The highest BCUT2D eigenvalue weighted by atomic mass is 28.4. The highest BCUT2D eigenvalue weighted by Gasteiger charge is 2.40. The Kier molecular flexibility index (Phi) is 27.9. The Balaban J connectivity index is 3.70. The van der Waals surface area contributed by atoms with Crippen LogP contribution in [-0.4, -0.2) is 109 Å². The van der Waals surface area contributed by atoms with Crippen LogP contribution in [0.15, 0.2) is 0 Å². The van der Waals surface area contributed by atoms with Gasteiger partial charge in [0, 0.05) is 78.0 Å². The lowest BCUT2D eigenvalue weighted by atomic mass is 10.2. The molecule has 0 aromatic heterocycles. The lowest BCUT2D eigenvalue weighted by molar-refractivity contribution is 0.0697. The molecule has 0 aliphatic heterocycles. The van der Waals surface area contributed by atoms with Crippen LogP contribution in [0.4, 0.5) is 0 Å². The Hall–Kier alpha value is 0.0738. The second-order valence-corrected chi connectivity index (χ2v) is 15.3. The van der Waals surface area contributed by atoms with Gasteiger partial charge in [0.25, 0.3) is 0 Å². The quantitative estimate of drug-likeness (QED) is 0.0656. The number of nitrogens with zero attached hydrogens (tertiary/aromatic N) is 1. The van der Waals surface area contributed by atoms with E-state index in [-0.39, 0.29) is 0 Å². The standard InChI is InChI=1S/C29H65NO8Si2/c1-8-33-39(34-9-2,35-10-3)28-20-16-14-18-24-31-26-22-30(7)23-27-32-25-19-15-17-21-29-40(36-11-4,37-12-5)38-13-6/h8-29H2,1-7H3. The Morgan fingerprint density at radius 1 is 0.400 bits per heavy atom. The van der Waals surface area contributed by atoms with E-state index in [1.807, 2.05) is 41.5 Å².